The predicted molar refractivity (Wildman–Crippen MR) is 207 cm³/mol. The molecule has 48 heavy (non-hydrogen) atoms. The van der Waals surface area contributed by atoms with Gasteiger partial charge in [0.1, 0.15) is 0 Å². The second kappa shape index (κ2) is 13.7. The average Bonchev–Trinajstić information content (AvgIpc) is 3.35. The molecular weight excluding hydrogens is 672 g/mol. The molecule has 0 spiro atoms. The Labute approximate surface area is 297 Å². The zero-order valence-corrected chi connectivity index (χ0v) is 32.5. The molecule has 0 aliphatic heterocycles. The molecule has 0 radical (unpaired) electrons. The number of hydrogen-bond acceptors (Lipinski definition) is 3. The van der Waals surface area contributed by atoms with Gasteiger partial charge in [-0.3, -0.25) is 4.98 Å². The van der Waals surface area contributed by atoms with Crippen LogP contribution in [-0.4, -0.2) is 31.6 Å². The Balaban J connectivity index is 1.49. The van der Waals surface area contributed by atoms with E-state index < -0.39 is 8.32 Å². The summed E-state index contributed by atoms with van der Waals surface area (Å²) in [6.07, 6.45) is 4.99. The number of pyridine rings is 1. The van der Waals surface area contributed by atoms with Crippen molar-refractivity contribution in [3.63, 3.8) is 0 Å². The van der Waals surface area contributed by atoms with Crippen molar-refractivity contribution < 1.29 is 9.16 Å². The van der Waals surface area contributed by atoms with E-state index in [0.717, 1.165) is 28.1 Å². The van der Waals surface area contributed by atoms with Crippen molar-refractivity contribution >= 4 is 45.5 Å². The summed E-state index contributed by atoms with van der Waals surface area (Å²) in [5.74, 6) is 0.724. The van der Waals surface area contributed by atoms with Gasteiger partial charge in [-0.05, 0) is 88.8 Å². The number of nitrogens with zero attached hydrogens (tertiary/aromatic N) is 2. The lowest BCUT2D eigenvalue weighted by Gasteiger charge is -2.44. The monoisotopic (exact) mass is 722 g/mol. The third-order valence-electron chi connectivity index (χ3n) is 10.4. The Kier molecular flexibility index (Phi) is 9.94. The van der Waals surface area contributed by atoms with E-state index in [2.05, 4.69) is 160 Å². The molecule has 0 bridgehead atoms. The Morgan fingerprint density at radius 2 is 1.52 bits per heavy atom. The van der Waals surface area contributed by atoms with E-state index in [1.807, 2.05) is 6.20 Å². The summed E-state index contributed by atoms with van der Waals surface area (Å²) in [6.45, 7) is 16.9. The molecule has 0 saturated heterocycles. The molecule has 2 aromatic heterocycles. The molecule has 5 aromatic rings. The van der Waals surface area contributed by atoms with Crippen molar-refractivity contribution in [2.24, 2.45) is 11.3 Å². The zero-order chi connectivity index (χ0) is 34.3. The molecule has 1 fully saturated rings. The molecule has 6 heteroatoms. The van der Waals surface area contributed by atoms with Crippen LogP contribution in [0.15, 0.2) is 102 Å². The topological polar surface area (TPSA) is 36.3 Å². The standard InChI is InChI=1S/C42H51BrN2O2Si/c1-29-24-32(25-29)45-38-22-21-31(43)26-36(38)37(40(45)35-20-15-23-44-39(35)30(2)46-8)27-42(6,7)28-47-48(41(3,4)5,33-16-11-9-12-17-33)34-18-13-10-14-19-34/h9-23,26,29-30,32H,24-25,27-28H2,1-8H3/t29?,30-,32?/m0/s1. The van der Waals surface area contributed by atoms with Crippen LogP contribution in [0.25, 0.3) is 22.2 Å². The fraction of sp³-hybridized carbons (Fsp3) is 0.405. The summed E-state index contributed by atoms with van der Waals surface area (Å²) >= 11 is 3.83. The Bertz CT molecular complexity index is 1820. The molecule has 1 saturated carbocycles. The van der Waals surface area contributed by atoms with E-state index in [-0.39, 0.29) is 16.6 Å². The first kappa shape index (κ1) is 34.8. The number of halogens is 1. The Morgan fingerprint density at radius 3 is 2.08 bits per heavy atom. The zero-order valence-electron chi connectivity index (χ0n) is 29.9. The van der Waals surface area contributed by atoms with Gasteiger partial charge in [-0.15, -0.1) is 0 Å². The molecule has 1 atom stereocenters. The van der Waals surface area contributed by atoms with Gasteiger partial charge in [0.15, 0.2) is 0 Å². The van der Waals surface area contributed by atoms with Gasteiger partial charge in [0.2, 0.25) is 0 Å². The number of ether oxygens (including phenoxy) is 1. The third-order valence-corrected chi connectivity index (χ3v) is 15.8. The summed E-state index contributed by atoms with van der Waals surface area (Å²) in [6, 6.07) is 33.6. The number of benzene rings is 3. The summed E-state index contributed by atoms with van der Waals surface area (Å²) in [5.41, 5.74) is 5.91. The quantitative estimate of drug-likeness (QED) is 0.127. The third kappa shape index (κ3) is 6.49. The van der Waals surface area contributed by atoms with Gasteiger partial charge >= 0.3 is 0 Å². The van der Waals surface area contributed by atoms with Crippen molar-refractivity contribution in [2.45, 2.75) is 84.9 Å². The van der Waals surface area contributed by atoms with E-state index in [9.17, 15) is 0 Å². The molecule has 1 aliphatic carbocycles. The number of aromatic nitrogens is 2. The smallest absolute Gasteiger partial charge is 0.261 e. The van der Waals surface area contributed by atoms with Crippen LogP contribution < -0.4 is 10.4 Å². The molecule has 2 heterocycles. The van der Waals surface area contributed by atoms with Crippen molar-refractivity contribution in [3.8, 4) is 11.3 Å². The van der Waals surface area contributed by atoms with Crippen molar-refractivity contribution in [2.75, 3.05) is 13.7 Å². The van der Waals surface area contributed by atoms with Gasteiger partial charge in [-0.25, -0.2) is 0 Å². The van der Waals surface area contributed by atoms with Gasteiger partial charge in [0.25, 0.3) is 8.32 Å². The van der Waals surface area contributed by atoms with Crippen LogP contribution in [0.4, 0.5) is 0 Å². The normalized spacial score (nSPS) is 17.8. The highest BCUT2D eigenvalue weighted by molar-refractivity contribution is 9.10. The van der Waals surface area contributed by atoms with Crippen molar-refractivity contribution in [1.82, 2.24) is 9.55 Å². The maximum atomic E-state index is 7.56. The summed E-state index contributed by atoms with van der Waals surface area (Å²) < 4.78 is 17.2. The van der Waals surface area contributed by atoms with E-state index in [1.165, 1.54) is 45.4 Å². The second-order valence-electron chi connectivity index (χ2n) is 15.7. The van der Waals surface area contributed by atoms with E-state index in [1.54, 1.807) is 7.11 Å². The molecule has 4 nitrogen and oxygen atoms in total. The highest BCUT2D eigenvalue weighted by atomic mass is 79.9. The largest absolute Gasteiger partial charge is 0.407 e. The van der Waals surface area contributed by atoms with Crippen LogP contribution in [0.5, 0.6) is 0 Å². The van der Waals surface area contributed by atoms with Gasteiger partial charge < -0.3 is 13.7 Å². The molecule has 1 aliphatic rings. The number of hydrogen-bond donors (Lipinski definition) is 0. The fourth-order valence-corrected chi connectivity index (χ4v) is 13.0. The lowest BCUT2D eigenvalue weighted by atomic mass is 9.81. The first-order chi connectivity index (χ1) is 22.9. The molecule has 0 unspecified atom stereocenters. The minimum atomic E-state index is -2.70. The number of methoxy groups -OCH3 is 1. The Hall–Kier alpha value is -3.03. The van der Waals surface area contributed by atoms with Gasteiger partial charge in [-0.1, -0.05) is 118 Å². The van der Waals surface area contributed by atoms with Crippen LogP contribution in [-0.2, 0) is 15.6 Å². The van der Waals surface area contributed by atoms with E-state index in [4.69, 9.17) is 14.1 Å². The minimum absolute atomic E-state index is 0.0837. The maximum Gasteiger partial charge on any atom is 0.261 e. The lowest BCUT2D eigenvalue weighted by molar-refractivity contribution is 0.116. The highest BCUT2D eigenvalue weighted by Gasteiger charge is 2.51. The van der Waals surface area contributed by atoms with Crippen LogP contribution in [0.1, 0.15) is 84.7 Å². The first-order valence-electron chi connectivity index (χ1n) is 17.4. The molecular formula is C42H51BrN2O2Si. The van der Waals surface area contributed by atoms with Crippen LogP contribution in [0.2, 0.25) is 5.04 Å². The van der Waals surface area contributed by atoms with E-state index >= 15 is 0 Å². The van der Waals surface area contributed by atoms with Gasteiger partial charge in [0, 0.05) is 46.9 Å². The van der Waals surface area contributed by atoms with Gasteiger partial charge in [-0.2, -0.15) is 0 Å². The summed E-state index contributed by atoms with van der Waals surface area (Å²) in [7, 11) is -0.928. The SMILES string of the molecule is CO[C@@H](C)c1ncccc1-c1c(CC(C)(C)CO[Si](c2ccccc2)(c2ccccc2)C(C)(C)C)c2cc(Br)ccc2n1C1CC(C)C1. The van der Waals surface area contributed by atoms with Crippen molar-refractivity contribution in [1.29, 1.82) is 0 Å². The molecule has 6 rings (SSSR count). The summed E-state index contributed by atoms with van der Waals surface area (Å²) in [5, 5.41) is 3.85. The fourth-order valence-electron chi connectivity index (χ4n) is 7.92. The summed E-state index contributed by atoms with van der Waals surface area (Å²) in [4.78, 5) is 4.91. The van der Waals surface area contributed by atoms with Crippen LogP contribution >= 0.6 is 15.9 Å². The first-order valence-corrected chi connectivity index (χ1v) is 20.1. The Morgan fingerprint density at radius 1 is 0.896 bits per heavy atom. The average molecular weight is 724 g/mol. The second-order valence-corrected chi connectivity index (χ2v) is 20.9. The highest BCUT2D eigenvalue weighted by Crippen LogP contribution is 2.48. The van der Waals surface area contributed by atoms with Crippen LogP contribution in [0, 0.1) is 11.3 Å². The molecule has 3 aromatic carbocycles. The minimum Gasteiger partial charge on any atom is -0.407 e. The van der Waals surface area contributed by atoms with Crippen LogP contribution in [0.3, 0.4) is 0 Å². The van der Waals surface area contributed by atoms with Crippen molar-refractivity contribution in [3.05, 3.63) is 113 Å². The molecule has 0 N–H and O–H groups in total. The van der Waals surface area contributed by atoms with E-state index in [0.29, 0.717) is 12.6 Å². The molecule has 252 valence electrons. The number of rotatable bonds is 11. The molecule has 0 amide bonds. The predicted octanol–water partition coefficient (Wildman–Crippen LogP) is 10.3. The number of fused-ring (bicyclic) bond motifs is 1. The lowest BCUT2D eigenvalue weighted by Crippen LogP contribution is -2.67. The maximum absolute atomic E-state index is 7.56. The van der Waals surface area contributed by atoms with Gasteiger partial charge in [0.05, 0.1) is 17.5 Å².